The Kier molecular flexibility index (Phi) is 7.49. The number of rotatable bonds is 7. The summed E-state index contributed by atoms with van der Waals surface area (Å²) in [4.78, 5) is 0. The van der Waals surface area contributed by atoms with Crippen molar-refractivity contribution in [3.05, 3.63) is 0 Å². The molecule has 0 aromatic heterocycles. The summed E-state index contributed by atoms with van der Waals surface area (Å²) in [5.41, 5.74) is 0. The van der Waals surface area contributed by atoms with Gasteiger partial charge in [-0.25, -0.2) is 0 Å². The Morgan fingerprint density at radius 2 is 2.27 bits per heavy atom. The predicted molar refractivity (Wildman–Crippen MR) is 68.7 cm³/mol. The van der Waals surface area contributed by atoms with Crippen LogP contribution in [0, 0.1) is 0 Å². The van der Waals surface area contributed by atoms with Crippen molar-refractivity contribution in [3.8, 4) is 0 Å². The largest absolute Gasteiger partial charge is 0.385 e. The lowest BCUT2D eigenvalue weighted by molar-refractivity contribution is 0.200. The molecule has 3 heteroatoms. The van der Waals surface area contributed by atoms with Crippen molar-refractivity contribution < 1.29 is 4.74 Å². The van der Waals surface area contributed by atoms with E-state index in [2.05, 4.69) is 24.0 Å². The molecule has 1 fully saturated rings. The Bertz CT molecular complexity index is 153. The molecule has 1 N–H and O–H groups in total. The zero-order chi connectivity index (χ0) is 10.9. The third-order valence-corrected chi connectivity index (χ3v) is 4.39. The molecule has 0 saturated heterocycles. The van der Waals surface area contributed by atoms with E-state index in [-0.39, 0.29) is 0 Å². The van der Waals surface area contributed by atoms with Crippen LogP contribution >= 0.6 is 11.8 Å². The van der Waals surface area contributed by atoms with Crippen LogP contribution in [0.3, 0.4) is 0 Å². The highest BCUT2D eigenvalue weighted by atomic mass is 32.2. The van der Waals surface area contributed by atoms with Gasteiger partial charge in [0.1, 0.15) is 0 Å². The van der Waals surface area contributed by atoms with Crippen LogP contribution in [0.5, 0.6) is 0 Å². The standard InChI is InChI=1S/C12H25NOS/c1-3-13-11-6-4-7-12(10-11)15-9-5-8-14-2/h11-13H,3-10H2,1-2H3. The molecule has 0 amide bonds. The number of hydrogen-bond acceptors (Lipinski definition) is 3. The maximum absolute atomic E-state index is 5.07. The molecule has 0 heterocycles. The minimum absolute atomic E-state index is 0.781. The van der Waals surface area contributed by atoms with Crippen molar-refractivity contribution >= 4 is 11.8 Å². The van der Waals surface area contributed by atoms with E-state index in [1.165, 1.54) is 37.9 Å². The third-order valence-electron chi connectivity index (χ3n) is 2.97. The Hall–Kier alpha value is 0.270. The Morgan fingerprint density at radius 1 is 1.40 bits per heavy atom. The molecule has 0 spiro atoms. The molecule has 2 atom stereocenters. The van der Waals surface area contributed by atoms with Gasteiger partial charge >= 0.3 is 0 Å². The first-order valence-electron chi connectivity index (χ1n) is 6.20. The Labute approximate surface area is 98.5 Å². The highest BCUT2D eigenvalue weighted by molar-refractivity contribution is 7.99. The first-order chi connectivity index (χ1) is 7.36. The summed E-state index contributed by atoms with van der Waals surface area (Å²) in [6.07, 6.45) is 6.76. The molecule has 1 aliphatic rings. The molecule has 0 aliphatic heterocycles. The van der Waals surface area contributed by atoms with Gasteiger partial charge in [0.15, 0.2) is 0 Å². The van der Waals surface area contributed by atoms with Gasteiger partial charge in [0.05, 0.1) is 0 Å². The third kappa shape index (κ3) is 5.79. The highest BCUT2D eigenvalue weighted by Crippen LogP contribution is 2.28. The summed E-state index contributed by atoms with van der Waals surface area (Å²) in [5, 5.41) is 4.47. The topological polar surface area (TPSA) is 21.3 Å². The number of ether oxygens (including phenoxy) is 1. The summed E-state index contributed by atoms with van der Waals surface area (Å²) in [7, 11) is 1.78. The molecule has 0 aromatic rings. The van der Waals surface area contributed by atoms with Gasteiger partial charge in [-0.15, -0.1) is 0 Å². The quantitative estimate of drug-likeness (QED) is 0.681. The van der Waals surface area contributed by atoms with Crippen LogP contribution in [0.1, 0.15) is 39.0 Å². The lowest BCUT2D eigenvalue weighted by atomic mass is 9.95. The first kappa shape index (κ1) is 13.3. The van der Waals surface area contributed by atoms with Gasteiger partial charge in [-0.05, 0) is 38.0 Å². The SMILES string of the molecule is CCNC1CCCC(SCCCOC)C1. The van der Waals surface area contributed by atoms with E-state index in [9.17, 15) is 0 Å². The zero-order valence-electron chi connectivity index (χ0n) is 10.1. The summed E-state index contributed by atoms with van der Waals surface area (Å²) in [6.45, 7) is 4.23. The second kappa shape index (κ2) is 8.43. The van der Waals surface area contributed by atoms with Crippen molar-refractivity contribution in [2.24, 2.45) is 0 Å². The molecule has 1 saturated carbocycles. The van der Waals surface area contributed by atoms with Gasteiger partial charge in [-0.1, -0.05) is 13.3 Å². The number of nitrogens with one attached hydrogen (secondary N) is 1. The van der Waals surface area contributed by atoms with Crippen LogP contribution in [0.4, 0.5) is 0 Å². The lowest BCUT2D eigenvalue weighted by Gasteiger charge is -2.29. The predicted octanol–water partition coefficient (Wildman–Crippen LogP) is 2.68. The zero-order valence-corrected chi connectivity index (χ0v) is 10.9. The van der Waals surface area contributed by atoms with Crippen molar-refractivity contribution in [3.63, 3.8) is 0 Å². The minimum atomic E-state index is 0.781. The Morgan fingerprint density at radius 3 is 3.00 bits per heavy atom. The first-order valence-corrected chi connectivity index (χ1v) is 7.25. The van der Waals surface area contributed by atoms with Crippen molar-refractivity contribution in [1.29, 1.82) is 0 Å². The second-order valence-corrected chi connectivity index (χ2v) is 5.67. The molecule has 90 valence electrons. The highest BCUT2D eigenvalue weighted by Gasteiger charge is 2.20. The molecule has 1 rings (SSSR count). The molecule has 0 radical (unpaired) electrons. The van der Waals surface area contributed by atoms with Crippen LogP contribution in [0.2, 0.25) is 0 Å². The van der Waals surface area contributed by atoms with Gasteiger partial charge < -0.3 is 10.1 Å². The fourth-order valence-electron chi connectivity index (χ4n) is 2.22. The molecule has 2 unspecified atom stereocenters. The molecule has 2 nitrogen and oxygen atoms in total. The summed E-state index contributed by atoms with van der Waals surface area (Å²) in [6, 6.07) is 0.781. The molecule has 0 bridgehead atoms. The fourth-order valence-corrected chi connectivity index (χ4v) is 3.54. The van der Waals surface area contributed by atoms with Gasteiger partial charge in [0.25, 0.3) is 0 Å². The van der Waals surface area contributed by atoms with Crippen LogP contribution in [0.15, 0.2) is 0 Å². The van der Waals surface area contributed by atoms with E-state index in [0.717, 1.165) is 24.4 Å². The van der Waals surface area contributed by atoms with Crippen molar-refractivity contribution in [2.45, 2.75) is 50.3 Å². The van der Waals surface area contributed by atoms with Crippen molar-refractivity contribution in [2.75, 3.05) is 26.0 Å². The minimum Gasteiger partial charge on any atom is -0.385 e. The smallest absolute Gasteiger partial charge is 0.0470 e. The van der Waals surface area contributed by atoms with Crippen LogP contribution < -0.4 is 5.32 Å². The molecule has 1 aliphatic carbocycles. The van der Waals surface area contributed by atoms with Gasteiger partial charge in [0, 0.05) is 25.0 Å². The van der Waals surface area contributed by atoms with E-state index < -0.39 is 0 Å². The maximum atomic E-state index is 5.07. The van der Waals surface area contributed by atoms with E-state index in [0.29, 0.717) is 0 Å². The average Bonchev–Trinajstić information content (AvgIpc) is 2.26. The van der Waals surface area contributed by atoms with E-state index in [1.54, 1.807) is 7.11 Å². The summed E-state index contributed by atoms with van der Waals surface area (Å²) in [5.74, 6) is 1.26. The van der Waals surface area contributed by atoms with E-state index >= 15 is 0 Å². The normalized spacial score (nSPS) is 26.8. The summed E-state index contributed by atoms with van der Waals surface area (Å²) < 4.78 is 5.07. The van der Waals surface area contributed by atoms with Crippen LogP contribution in [-0.4, -0.2) is 37.3 Å². The van der Waals surface area contributed by atoms with Gasteiger partial charge in [0.2, 0.25) is 0 Å². The van der Waals surface area contributed by atoms with Gasteiger partial charge in [-0.2, -0.15) is 11.8 Å². The molecule has 15 heavy (non-hydrogen) atoms. The van der Waals surface area contributed by atoms with Crippen LogP contribution in [0.25, 0.3) is 0 Å². The second-order valence-electron chi connectivity index (χ2n) is 4.26. The van der Waals surface area contributed by atoms with E-state index in [1.807, 2.05) is 0 Å². The lowest BCUT2D eigenvalue weighted by Crippen LogP contribution is -2.35. The van der Waals surface area contributed by atoms with Crippen LogP contribution in [-0.2, 0) is 4.74 Å². The average molecular weight is 231 g/mol. The molecular formula is C12H25NOS. The monoisotopic (exact) mass is 231 g/mol. The maximum Gasteiger partial charge on any atom is 0.0470 e. The molecular weight excluding hydrogens is 206 g/mol. The summed E-state index contributed by atoms with van der Waals surface area (Å²) >= 11 is 2.15. The van der Waals surface area contributed by atoms with Crippen molar-refractivity contribution in [1.82, 2.24) is 5.32 Å². The molecule has 0 aromatic carbocycles. The number of thioether (sulfide) groups is 1. The Balaban J connectivity index is 2.07. The fraction of sp³-hybridized carbons (Fsp3) is 1.00. The van der Waals surface area contributed by atoms with E-state index in [4.69, 9.17) is 4.74 Å². The van der Waals surface area contributed by atoms with Gasteiger partial charge in [-0.3, -0.25) is 0 Å². The number of methoxy groups -OCH3 is 1. The number of hydrogen-bond donors (Lipinski definition) is 1.